The van der Waals surface area contributed by atoms with E-state index in [0.29, 0.717) is 24.0 Å². The maximum absolute atomic E-state index is 12.8. The van der Waals surface area contributed by atoms with E-state index in [1.165, 1.54) is 20.0 Å². The number of hydrogen-bond acceptors (Lipinski definition) is 6. The summed E-state index contributed by atoms with van der Waals surface area (Å²) < 4.78 is 15.8. The summed E-state index contributed by atoms with van der Waals surface area (Å²) >= 11 is 0. The van der Waals surface area contributed by atoms with E-state index in [-0.39, 0.29) is 36.9 Å². The topological polar surface area (TPSA) is 77.1 Å². The van der Waals surface area contributed by atoms with Gasteiger partial charge in [-0.2, -0.15) is 0 Å². The number of rotatable bonds is 7. The highest BCUT2D eigenvalue weighted by Gasteiger charge is 2.33. The van der Waals surface area contributed by atoms with Gasteiger partial charge in [0.1, 0.15) is 0 Å². The summed E-state index contributed by atoms with van der Waals surface area (Å²) in [5.41, 5.74) is 2.10. The van der Waals surface area contributed by atoms with Crippen molar-refractivity contribution in [1.29, 1.82) is 0 Å². The molecule has 1 aromatic carbocycles. The summed E-state index contributed by atoms with van der Waals surface area (Å²) in [4.78, 5) is 27.1. The van der Waals surface area contributed by atoms with Gasteiger partial charge in [-0.3, -0.25) is 14.5 Å². The molecule has 0 spiro atoms. The summed E-state index contributed by atoms with van der Waals surface area (Å²) in [7, 11) is 4.60. The van der Waals surface area contributed by atoms with Crippen molar-refractivity contribution >= 4 is 11.9 Å². The van der Waals surface area contributed by atoms with Crippen LogP contribution in [0.5, 0.6) is 11.5 Å². The minimum atomic E-state index is -0.297. The quantitative estimate of drug-likeness (QED) is 0.686. The number of amides is 1. The minimum absolute atomic E-state index is 0.0209. The normalized spacial score (nSPS) is 23.9. The predicted molar refractivity (Wildman–Crippen MR) is 114 cm³/mol. The standard InChI is InChI=1S/C23H34N2O5/c1-15-7-5-6-8-18(15)24-22(26)14-25-10-9-16-11-20(28-2)21(29-3)12-17(16)19(25)13-23(27)30-4/h11-12,15,18-19H,5-10,13-14H2,1-4H3,(H,24,26)/t15-,18+,19+/m1/s1. The van der Waals surface area contributed by atoms with E-state index in [9.17, 15) is 9.59 Å². The summed E-state index contributed by atoms with van der Waals surface area (Å²) in [6.07, 6.45) is 5.57. The second-order valence-electron chi connectivity index (χ2n) is 8.36. The molecule has 1 fully saturated rings. The fourth-order valence-corrected chi connectivity index (χ4v) is 4.72. The zero-order chi connectivity index (χ0) is 21.7. The molecular formula is C23H34N2O5. The number of esters is 1. The Bertz CT molecular complexity index is 766. The zero-order valence-corrected chi connectivity index (χ0v) is 18.5. The number of carbonyl (C=O) groups is 2. The first kappa shape index (κ1) is 22.4. The molecule has 0 unspecified atom stereocenters. The summed E-state index contributed by atoms with van der Waals surface area (Å²) in [5.74, 6) is 1.52. The van der Waals surface area contributed by atoms with Crippen LogP contribution in [0.25, 0.3) is 0 Å². The average Bonchev–Trinajstić information content (AvgIpc) is 2.75. The number of carbonyl (C=O) groups excluding carboxylic acids is 2. The molecule has 0 bridgehead atoms. The predicted octanol–water partition coefficient (Wildman–Crippen LogP) is 2.86. The molecule has 7 nitrogen and oxygen atoms in total. The molecule has 2 aliphatic rings. The fraction of sp³-hybridized carbons (Fsp3) is 0.652. The Morgan fingerprint density at radius 1 is 1.10 bits per heavy atom. The number of ether oxygens (including phenoxy) is 3. The van der Waals surface area contributed by atoms with Gasteiger partial charge < -0.3 is 19.5 Å². The molecule has 7 heteroatoms. The van der Waals surface area contributed by atoms with Gasteiger partial charge in [-0.25, -0.2) is 0 Å². The van der Waals surface area contributed by atoms with Crippen molar-refractivity contribution in [2.45, 2.75) is 57.5 Å². The molecule has 1 aromatic rings. The van der Waals surface area contributed by atoms with Crippen molar-refractivity contribution in [2.75, 3.05) is 34.4 Å². The summed E-state index contributed by atoms with van der Waals surface area (Å²) in [5, 5.41) is 3.23. The summed E-state index contributed by atoms with van der Waals surface area (Å²) in [6, 6.07) is 3.90. The van der Waals surface area contributed by atoms with Crippen LogP contribution in [0.4, 0.5) is 0 Å². The smallest absolute Gasteiger partial charge is 0.307 e. The number of methoxy groups -OCH3 is 3. The Labute approximate surface area is 179 Å². The van der Waals surface area contributed by atoms with Crippen molar-refractivity contribution in [2.24, 2.45) is 5.92 Å². The molecule has 1 N–H and O–H groups in total. The highest BCUT2D eigenvalue weighted by Crippen LogP contribution is 2.39. The average molecular weight is 419 g/mol. The van der Waals surface area contributed by atoms with Gasteiger partial charge in [0.25, 0.3) is 0 Å². The molecule has 0 saturated heterocycles. The first-order valence-corrected chi connectivity index (χ1v) is 10.8. The molecule has 166 valence electrons. The molecule has 1 aliphatic carbocycles. The van der Waals surface area contributed by atoms with Crippen LogP contribution in [0.2, 0.25) is 0 Å². The van der Waals surface area contributed by atoms with E-state index >= 15 is 0 Å². The number of nitrogens with one attached hydrogen (secondary N) is 1. The molecule has 3 atom stereocenters. The SMILES string of the molecule is COC(=O)C[C@H]1c2cc(OC)c(OC)cc2CCN1CC(=O)N[C@H]1CCCC[C@H]1C. The van der Waals surface area contributed by atoms with Crippen LogP contribution in [0, 0.1) is 5.92 Å². The van der Waals surface area contributed by atoms with Crippen LogP contribution in [0.3, 0.4) is 0 Å². The summed E-state index contributed by atoms with van der Waals surface area (Å²) in [6.45, 7) is 3.16. The van der Waals surface area contributed by atoms with Gasteiger partial charge in [-0.05, 0) is 48.4 Å². The van der Waals surface area contributed by atoms with Crippen molar-refractivity contribution in [3.05, 3.63) is 23.3 Å². The molecule has 1 heterocycles. The molecule has 1 saturated carbocycles. The van der Waals surface area contributed by atoms with Gasteiger partial charge in [0.15, 0.2) is 11.5 Å². The fourth-order valence-electron chi connectivity index (χ4n) is 4.72. The second kappa shape index (κ2) is 10.2. The number of nitrogens with zero attached hydrogens (tertiary/aromatic N) is 1. The van der Waals surface area contributed by atoms with Gasteiger partial charge in [0.05, 0.1) is 34.3 Å². The Balaban J connectivity index is 1.80. The second-order valence-corrected chi connectivity index (χ2v) is 8.36. The van der Waals surface area contributed by atoms with Crippen LogP contribution in [-0.4, -0.2) is 57.2 Å². The van der Waals surface area contributed by atoms with Crippen LogP contribution >= 0.6 is 0 Å². The third kappa shape index (κ3) is 5.06. The lowest BCUT2D eigenvalue weighted by Gasteiger charge is -2.37. The van der Waals surface area contributed by atoms with Gasteiger partial charge in [-0.1, -0.05) is 19.8 Å². The number of hydrogen-bond donors (Lipinski definition) is 1. The first-order chi connectivity index (χ1) is 14.5. The lowest BCUT2D eigenvalue weighted by Crippen LogP contribution is -2.48. The van der Waals surface area contributed by atoms with E-state index in [2.05, 4.69) is 17.1 Å². The van der Waals surface area contributed by atoms with Crippen LogP contribution in [0.1, 0.15) is 56.2 Å². The Morgan fingerprint density at radius 2 is 1.80 bits per heavy atom. The lowest BCUT2D eigenvalue weighted by molar-refractivity contribution is -0.142. The third-order valence-corrected chi connectivity index (χ3v) is 6.51. The number of benzene rings is 1. The molecule has 30 heavy (non-hydrogen) atoms. The van der Waals surface area contributed by atoms with Crippen molar-refractivity contribution in [3.63, 3.8) is 0 Å². The molecule has 0 aromatic heterocycles. The van der Waals surface area contributed by atoms with Crippen LogP contribution < -0.4 is 14.8 Å². The van der Waals surface area contributed by atoms with E-state index < -0.39 is 0 Å². The van der Waals surface area contributed by atoms with Crippen LogP contribution in [0.15, 0.2) is 12.1 Å². The maximum Gasteiger partial charge on any atom is 0.307 e. The van der Waals surface area contributed by atoms with Gasteiger partial charge in [-0.15, -0.1) is 0 Å². The van der Waals surface area contributed by atoms with Gasteiger partial charge >= 0.3 is 5.97 Å². The first-order valence-electron chi connectivity index (χ1n) is 10.8. The molecule has 1 amide bonds. The zero-order valence-electron chi connectivity index (χ0n) is 18.5. The van der Waals surface area contributed by atoms with Crippen molar-refractivity contribution in [1.82, 2.24) is 10.2 Å². The van der Waals surface area contributed by atoms with Gasteiger partial charge in [0, 0.05) is 18.6 Å². The largest absolute Gasteiger partial charge is 0.493 e. The van der Waals surface area contributed by atoms with Crippen molar-refractivity contribution in [3.8, 4) is 11.5 Å². The Kier molecular flexibility index (Phi) is 7.58. The Morgan fingerprint density at radius 3 is 2.47 bits per heavy atom. The van der Waals surface area contributed by atoms with E-state index in [0.717, 1.165) is 30.4 Å². The van der Waals surface area contributed by atoms with Gasteiger partial charge in [0.2, 0.25) is 5.91 Å². The highest BCUT2D eigenvalue weighted by molar-refractivity contribution is 5.79. The van der Waals surface area contributed by atoms with E-state index in [1.807, 2.05) is 12.1 Å². The monoisotopic (exact) mass is 418 g/mol. The molecule has 1 aliphatic heterocycles. The lowest BCUT2D eigenvalue weighted by atomic mass is 9.86. The minimum Gasteiger partial charge on any atom is -0.493 e. The molecular weight excluding hydrogens is 384 g/mol. The Hall–Kier alpha value is -2.28. The maximum atomic E-state index is 12.8. The number of fused-ring (bicyclic) bond motifs is 1. The van der Waals surface area contributed by atoms with Crippen molar-refractivity contribution < 1.29 is 23.8 Å². The highest BCUT2D eigenvalue weighted by atomic mass is 16.5. The molecule has 3 rings (SSSR count). The molecule has 0 radical (unpaired) electrons. The van der Waals surface area contributed by atoms with E-state index in [1.54, 1.807) is 14.2 Å². The van der Waals surface area contributed by atoms with E-state index in [4.69, 9.17) is 14.2 Å². The van der Waals surface area contributed by atoms with Crippen LogP contribution in [-0.2, 0) is 20.7 Å². The third-order valence-electron chi connectivity index (χ3n) is 6.51.